The van der Waals surface area contributed by atoms with Crippen molar-refractivity contribution < 1.29 is 19.4 Å². The molecule has 0 bridgehead atoms. The highest BCUT2D eigenvalue weighted by atomic mass is 16.6. The van der Waals surface area contributed by atoms with E-state index in [1.807, 2.05) is 20.8 Å². The van der Waals surface area contributed by atoms with Gasteiger partial charge in [-0.15, -0.1) is 0 Å². The van der Waals surface area contributed by atoms with Crippen LogP contribution in [0.5, 0.6) is 0 Å². The van der Waals surface area contributed by atoms with Gasteiger partial charge in [-0.3, -0.25) is 10.1 Å². The molecule has 0 saturated carbocycles. The fraction of sp³-hybridized carbons (Fsp3) is 0.889. The number of nitrogens with one attached hydrogen (secondary N) is 2. The summed E-state index contributed by atoms with van der Waals surface area (Å²) in [7, 11) is 0. The Morgan fingerprint density at radius 3 is 1.92 bits per heavy atom. The first kappa shape index (κ1) is 22.9. The van der Waals surface area contributed by atoms with E-state index in [2.05, 4.69) is 24.5 Å². The summed E-state index contributed by atoms with van der Waals surface area (Å²) in [6.45, 7) is 14.9. The molecule has 0 aromatic heterocycles. The molecule has 0 spiro atoms. The number of aliphatic hydroxyl groups excluding tert-OH is 1. The third kappa shape index (κ3) is 10.6. The number of carbonyl (C=O) groups excluding carboxylic acids is 2. The molecule has 0 saturated heterocycles. The molecule has 24 heavy (non-hydrogen) atoms. The van der Waals surface area contributed by atoms with Crippen LogP contribution in [0.15, 0.2) is 0 Å². The van der Waals surface area contributed by atoms with Gasteiger partial charge in [0.05, 0.1) is 6.61 Å². The lowest BCUT2D eigenvalue weighted by Gasteiger charge is -2.29. The second kappa shape index (κ2) is 9.37. The highest BCUT2D eigenvalue weighted by Crippen LogP contribution is 2.13. The van der Waals surface area contributed by atoms with Gasteiger partial charge in [0.25, 0.3) is 0 Å². The van der Waals surface area contributed by atoms with Gasteiger partial charge in [0.15, 0.2) is 0 Å². The van der Waals surface area contributed by atoms with E-state index in [1.54, 1.807) is 20.8 Å². The maximum atomic E-state index is 12.4. The molecule has 0 heterocycles. The number of carbonyl (C=O) groups is 2. The zero-order valence-electron chi connectivity index (χ0n) is 16.5. The van der Waals surface area contributed by atoms with Crippen molar-refractivity contribution in [3.05, 3.63) is 0 Å². The van der Waals surface area contributed by atoms with Crippen LogP contribution in [-0.2, 0) is 14.3 Å². The Morgan fingerprint density at radius 2 is 1.54 bits per heavy atom. The number of hydrogen-bond acceptors (Lipinski definition) is 5. The zero-order valence-corrected chi connectivity index (χ0v) is 16.5. The lowest BCUT2D eigenvalue weighted by molar-refractivity contribution is -0.159. The smallest absolute Gasteiger partial charge is 0.329 e. The lowest BCUT2D eigenvalue weighted by Crippen LogP contribution is -2.56. The van der Waals surface area contributed by atoms with Crippen LogP contribution < -0.4 is 10.6 Å². The number of amides is 1. The average Bonchev–Trinajstić information content (AvgIpc) is 2.37. The van der Waals surface area contributed by atoms with E-state index in [1.165, 1.54) is 0 Å². The number of rotatable bonds is 8. The fourth-order valence-electron chi connectivity index (χ4n) is 2.11. The van der Waals surface area contributed by atoms with Crippen molar-refractivity contribution in [3.8, 4) is 0 Å². The molecular formula is C18H36N2O4. The first-order chi connectivity index (χ1) is 10.7. The minimum absolute atomic E-state index is 0.329. The molecule has 2 atom stereocenters. The molecule has 0 aromatic carbocycles. The summed E-state index contributed by atoms with van der Waals surface area (Å²) in [5.74, 6) is -0.427. The maximum absolute atomic E-state index is 12.4. The molecule has 0 aromatic rings. The molecule has 0 radical (unpaired) electrons. The Hall–Kier alpha value is -1.14. The van der Waals surface area contributed by atoms with E-state index in [0.29, 0.717) is 12.3 Å². The first-order valence-electron chi connectivity index (χ1n) is 8.67. The van der Waals surface area contributed by atoms with Gasteiger partial charge in [0, 0.05) is 5.54 Å². The van der Waals surface area contributed by atoms with Gasteiger partial charge in [-0.25, -0.2) is 4.79 Å². The monoisotopic (exact) mass is 344 g/mol. The Balaban J connectivity index is 5.01. The predicted molar refractivity (Wildman–Crippen MR) is 95.6 cm³/mol. The van der Waals surface area contributed by atoms with E-state index in [4.69, 9.17) is 4.74 Å². The van der Waals surface area contributed by atoms with Crippen molar-refractivity contribution in [1.82, 2.24) is 10.6 Å². The third-order valence-electron chi connectivity index (χ3n) is 3.15. The second-order valence-corrected chi connectivity index (χ2v) is 8.70. The summed E-state index contributed by atoms with van der Waals surface area (Å²) in [6, 6.07) is -1.48. The summed E-state index contributed by atoms with van der Waals surface area (Å²) in [5, 5.41) is 15.3. The van der Waals surface area contributed by atoms with Gasteiger partial charge in [-0.1, -0.05) is 13.8 Å². The molecule has 0 fully saturated rings. The Morgan fingerprint density at radius 1 is 1.00 bits per heavy atom. The van der Waals surface area contributed by atoms with Crippen LogP contribution in [0.3, 0.4) is 0 Å². The predicted octanol–water partition coefficient (Wildman–Crippen LogP) is 2.00. The molecular weight excluding hydrogens is 308 g/mol. The van der Waals surface area contributed by atoms with Crippen molar-refractivity contribution in [2.75, 3.05) is 6.61 Å². The average molecular weight is 344 g/mol. The van der Waals surface area contributed by atoms with E-state index in [9.17, 15) is 14.7 Å². The molecule has 0 aliphatic heterocycles. The highest BCUT2D eigenvalue weighted by molar-refractivity contribution is 5.87. The standard InChI is InChI=1S/C18H36N2O4/c1-12(2)9-10-13(16(23)24-18(6,7)8)19-15(22)14(11-21)20-17(3,4)5/h12-14,20-21H,9-11H2,1-8H3,(H,19,22)/t13-,14-/m0/s1. The molecule has 1 amide bonds. The minimum atomic E-state index is -0.769. The van der Waals surface area contributed by atoms with Crippen LogP contribution in [0, 0.1) is 5.92 Å². The second-order valence-electron chi connectivity index (χ2n) is 8.70. The first-order valence-corrected chi connectivity index (χ1v) is 8.67. The quantitative estimate of drug-likeness (QED) is 0.586. The lowest BCUT2D eigenvalue weighted by atomic mass is 10.0. The summed E-state index contributed by atoms with van der Waals surface area (Å²) in [5.41, 5.74) is -0.942. The molecule has 3 N–H and O–H groups in total. The molecule has 0 unspecified atom stereocenters. The zero-order chi connectivity index (χ0) is 19.1. The van der Waals surface area contributed by atoms with Crippen LogP contribution >= 0.6 is 0 Å². The van der Waals surface area contributed by atoms with E-state index >= 15 is 0 Å². The van der Waals surface area contributed by atoms with Gasteiger partial charge < -0.3 is 15.2 Å². The highest BCUT2D eigenvalue weighted by Gasteiger charge is 2.30. The molecule has 0 aliphatic rings. The number of hydrogen-bond donors (Lipinski definition) is 3. The topological polar surface area (TPSA) is 87.7 Å². The van der Waals surface area contributed by atoms with Gasteiger partial charge in [-0.2, -0.15) is 0 Å². The fourth-order valence-corrected chi connectivity index (χ4v) is 2.11. The van der Waals surface area contributed by atoms with Crippen LogP contribution in [0.2, 0.25) is 0 Å². The number of esters is 1. The summed E-state index contributed by atoms with van der Waals surface area (Å²) < 4.78 is 5.41. The van der Waals surface area contributed by atoms with Crippen molar-refractivity contribution >= 4 is 11.9 Å². The SMILES string of the molecule is CC(C)CC[C@H](NC(=O)[C@H](CO)NC(C)(C)C)C(=O)OC(C)(C)C. The summed E-state index contributed by atoms with van der Waals surface area (Å²) >= 11 is 0. The van der Waals surface area contributed by atoms with Gasteiger partial charge in [0.2, 0.25) is 5.91 Å². The Bertz CT molecular complexity index is 408. The Kier molecular flexibility index (Phi) is 8.93. The van der Waals surface area contributed by atoms with Crippen molar-refractivity contribution in [1.29, 1.82) is 0 Å². The van der Waals surface area contributed by atoms with Crippen LogP contribution in [-0.4, -0.2) is 46.8 Å². The largest absolute Gasteiger partial charge is 0.458 e. The van der Waals surface area contributed by atoms with Crippen molar-refractivity contribution in [3.63, 3.8) is 0 Å². The van der Waals surface area contributed by atoms with E-state index in [0.717, 1.165) is 6.42 Å². The van der Waals surface area contributed by atoms with Crippen molar-refractivity contribution in [2.45, 2.75) is 91.5 Å². The van der Waals surface area contributed by atoms with Crippen LogP contribution in [0.4, 0.5) is 0 Å². The maximum Gasteiger partial charge on any atom is 0.329 e. The summed E-state index contributed by atoms with van der Waals surface area (Å²) in [4.78, 5) is 24.8. The minimum Gasteiger partial charge on any atom is -0.458 e. The van der Waals surface area contributed by atoms with Crippen LogP contribution in [0.1, 0.15) is 68.2 Å². The normalized spacial score (nSPS) is 15.1. The molecule has 0 aliphatic carbocycles. The molecule has 6 nitrogen and oxygen atoms in total. The molecule has 0 rings (SSSR count). The third-order valence-corrected chi connectivity index (χ3v) is 3.15. The van der Waals surface area contributed by atoms with E-state index < -0.39 is 29.6 Å². The van der Waals surface area contributed by atoms with Crippen molar-refractivity contribution in [2.24, 2.45) is 5.92 Å². The van der Waals surface area contributed by atoms with E-state index in [-0.39, 0.29) is 12.1 Å². The number of aliphatic hydroxyl groups is 1. The number of ether oxygens (including phenoxy) is 1. The molecule has 142 valence electrons. The molecule has 6 heteroatoms. The van der Waals surface area contributed by atoms with Gasteiger partial charge in [0.1, 0.15) is 17.7 Å². The van der Waals surface area contributed by atoms with Crippen LogP contribution in [0.25, 0.3) is 0 Å². The van der Waals surface area contributed by atoms with Gasteiger partial charge >= 0.3 is 5.97 Å². The Labute approximate surface area is 146 Å². The summed E-state index contributed by atoms with van der Waals surface area (Å²) in [6.07, 6.45) is 1.30. The van der Waals surface area contributed by atoms with Gasteiger partial charge in [-0.05, 0) is 60.3 Å².